The molecule has 0 spiro atoms. The molecule has 2 heteroatoms. The first kappa shape index (κ1) is 18.1. The maximum Gasteiger partial charge on any atom is 0.0439 e. The molecule has 0 bridgehead atoms. The minimum absolute atomic E-state index is 0.128. The number of allylic oxidation sites excluding steroid dienone is 4. The van der Waals surface area contributed by atoms with E-state index in [1.54, 1.807) is 0 Å². The van der Waals surface area contributed by atoms with Gasteiger partial charge in [-0.2, -0.15) is 0 Å². The van der Waals surface area contributed by atoms with Gasteiger partial charge in [0.15, 0.2) is 0 Å². The number of hydrogen-bond donors (Lipinski definition) is 2. The number of nitrogens with one attached hydrogen (secondary N) is 1. The van der Waals surface area contributed by atoms with Crippen LogP contribution in [0.1, 0.15) is 56.2 Å². The maximum atomic E-state index is 6.02. The summed E-state index contributed by atoms with van der Waals surface area (Å²) in [7, 11) is 0. The molecule has 2 aliphatic carbocycles. The van der Waals surface area contributed by atoms with E-state index in [0.29, 0.717) is 6.54 Å². The van der Waals surface area contributed by atoms with Crippen LogP contribution in [0, 0.1) is 0 Å². The number of anilines is 1. The molecule has 3 N–H and O–H groups in total. The molecule has 2 aliphatic rings. The van der Waals surface area contributed by atoms with Crippen molar-refractivity contribution in [1.82, 2.24) is 0 Å². The van der Waals surface area contributed by atoms with Crippen LogP contribution in [-0.4, -0.2) is 12.1 Å². The second kappa shape index (κ2) is 7.36. The molecule has 0 fully saturated rings. The number of rotatable bonds is 4. The van der Waals surface area contributed by atoms with Gasteiger partial charge in [-0.1, -0.05) is 48.6 Å². The van der Waals surface area contributed by atoms with E-state index in [1.807, 2.05) is 0 Å². The molecular formula is C25H30N2. The van der Waals surface area contributed by atoms with E-state index >= 15 is 0 Å². The van der Waals surface area contributed by atoms with Crippen LogP contribution in [-0.2, 0) is 6.42 Å². The van der Waals surface area contributed by atoms with Crippen LogP contribution in [0.3, 0.4) is 0 Å². The first-order valence-corrected chi connectivity index (χ1v) is 10.2. The van der Waals surface area contributed by atoms with Gasteiger partial charge in [-0.05, 0) is 79.8 Å². The number of hydrogen-bond acceptors (Lipinski definition) is 2. The second-order valence-electron chi connectivity index (χ2n) is 8.38. The Labute approximate surface area is 163 Å². The van der Waals surface area contributed by atoms with Crippen molar-refractivity contribution in [3.8, 4) is 11.1 Å². The summed E-state index contributed by atoms with van der Waals surface area (Å²) in [6.45, 7) is 4.95. The third-order valence-electron chi connectivity index (χ3n) is 5.76. The highest BCUT2D eigenvalue weighted by molar-refractivity contribution is 5.89. The van der Waals surface area contributed by atoms with Gasteiger partial charge in [0.2, 0.25) is 0 Å². The summed E-state index contributed by atoms with van der Waals surface area (Å²) in [6, 6.07) is 13.4. The van der Waals surface area contributed by atoms with Crippen molar-refractivity contribution in [2.24, 2.45) is 5.73 Å². The number of fused-ring (bicyclic) bond motifs is 3. The monoisotopic (exact) mass is 358 g/mol. The Morgan fingerprint density at radius 2 is 1.78 bits per heavy atom. The van der Waals surface area contributed by atoms with Gasteiger partial charge in [0.1, 0.15) is 0 Å². The predicted octanol–water partition coefficient (Wildman–Crippen LogP) is 5.92. The predicted molar refractivity (Wildman–Crippen MR) is 117 cm³/mol. The van der Waals surface area contributed by atoms with Crippen LogP contribution < -0.4 is 11.1 Å². The summed E-state index contributed by atoms with van der Waals surface area (Å²) < 4.78 is 0. The van der Waals surface area contributed by atoms with E-state index in [4.69, 9.17) is 5.73 Å². The van der Waals surface area contributed by atoms with E-state index < -0.39 is 0 Å². The van der Waals surface area contributed by atoms with Crippen molar-refractivity contribution in [2.45, 2.75) is 51.5 Å². The molecule has 0 unspecified atom stereocenters. The number of benzene rings is 2. The minimum atomic E-state index is -0.128. The van der Waals surface area contributed by atoms with Crippen molar-refractivity contribution in [1.29, 1.82) is 0 Å². The fourth-order valence-electron chi connectivity index (χ4n) is 4.26. The normalized spacial score (nSPS) is 16.2. The minimum Gasteiger partial charge on any atom is -0.378 e. The van der Waals surface area contributed by atoms with Gasteiger partial charge in [0.05, 0.1) is 0 Å². The lowest BCUT2D eigenvalue weighted by Crippen LogP contribution is -2.39. The van der Waals surface area contributed by atoms with Gasteiger partial charge in [0.25, 0.3) is 0 Å². The first-order chi connectivity index (χ1) is 13.1. The third-order valence-corrected chi connectivity index (χ3v) is 5.76. The Morgan fingerprint density at radius 3 is 2.63 bits per heavy atom. The van der Waals surface area contributed by atoms with Crippen LogP contribution in [0.4, 0.5) is 5.69 Å². The molecule has 0 saturated carbocycles. The Hall–Kier alpha value is -2.32. The van der Waals surface area contributed by atoms with Gasteiger partial charge in [-0.3, -0.25) is 0 Å². The third kappa shape index (κ3) is 3.59. The highest BCUT2D eigenvalue weighted by Gasteiger charge is 2.26. The zero-order valence-corrected chi connectivity index (χ0v) is 16.5. The lowest BCUT2D eigenvalue weighted by atomic mass is 9.89. The summed E-state index contributed by atoms with van der Waals surface area (Å²) in [4.78, 5) is 0. The van der Waals surface area contributed by atoms with Crippen molar-refractivity contribution in [2.75, 3.05) is 11.9 Å². The molecule has 0 radical (unpaired) electrons. The highest BCUT2D eigenvalue weighted by atomic mass is 15.0. The van der Waals surface area contributed by atoms with Gasteiger partial charge < -0.3 is 11.1 Å². The van der Waals surface area contributed by atoms with Crippen LogP contribution in [0.5, 0.6) is 0 Å². The quantitative estimate of drug-likeness (QED) is 0.568. The van der Waals surface area contributed by atoms with E-state index in [9.17, 15) is 0 Å². The fraction of sp³-hybridized carbons (Fsp3) is 0.360. The lowest BCUT2D eigenvalue weighted by molar-refractivity contribution is 0.580. The van der Waals surface area contributed by atoms with Gasteiger partial charge in [-0.25, -0.2) is 0 Å². The van der Waals surface area contributed by atoms with Crippen LogP contribution >= 0.6 is 0 Å². The van der Waals surface area contributed by atoms with Gasteiger partial charge >= 0.3 is 0 Å². The zero-order valence-electron chi connectivity index (χ0n) is 16.5. The standard InChI is InChI=1S/C25H30N2/c1-25(2,17-26)27-23-15-14-21-20-13-9-8-12-19(20)16-22(21)24(23)18-10-6-4-3-5-7-11-18/h3-4,8-9,11-15,27H,5-7,10,16-17,26H2,1-2H3. The number of nitrogens with two attached hydrogens (primary N) is 1. The SMILES string of the molecule is CC(C)(CN)Nc1ccc2c(c1C1=CCCC=CCC1)Cc1ccccc1-2. The molecule has 2 nitrogen and oxygen atoms in total. The van der Waals surface area contributed by atoms with Crippen LogP contribution in [0.2, 0.25) is 0 Å². The van der Waals surface area contributed by atoms with Crippen molar-refractivity contribution < 1.29 is 0 Å². The van der Waals surface area contributed by atoms with Crippen molar-refractivity contribution in [3.05, 3.63) is 71.3 Å². The molecule has 140 valence electrons. The Kier molecular flexibility index (Phi) is 4.92. The summed E-state index contributed by atoms with van der Waals surface area (Å²) in [6.07, 6.45) is 12.6. The molecule has 0 aromatic heterocycles. The average Bonchev–Trinajstić information content (AvgIpc) is 3.00. The molecule has 2 aromatic rings. The summed E-state index contributed by atoms with van der Waals surface area (Å²) >= 11 is 0. The Bertz CT molecular complexity index is 903. The van der Waals surface area contributed by atoms with E-state index in [2.05, 4.69) is 73.8 Å². The Balaban J connectivity index is 1.85. The van der Waals surface area contributed by atoms with Crippen molar-refractivity contribution >= 4 is 11.3 Å². The molecule has 0 aliphatic heterocycles. The van der Waals surface area contributed by atoms with Crippen molar-refractivity contribution in [3.63, 3.8) is 0 Å². The average molecular weight is 359 g/mol. The molecule has 4 rings (SSSR count). The molecule has 0 atom stereocenters. The van der Waals surface area contributed by atoms with Gasteiger partial charge in [-0.15, -0.1) is 0 Å². The van der Waals surface area contributed by atoms with Gasteiger partial charge in [0, 0.05) is 23.3 Å². The Morgan fingerprint density at radius 1 is 0.963 bits per heavy atom. The molecule has 27 heavy (non-hydrogen) atoms. The molecule has 0 heterocycles. The summed E-state index contributed by atoms with van der Waals surface area (Å²) in [5, 5.41) is 3.74. The molecule has 0 amide bonds. The fourth-order valence-corrected chi connectivity index (χ4v) is 4.26. The second-order valence-corrected chi connectivity index (χ2v) is 8.38. The van der Waals surface area contributed by atoms with E-state index in [0.717, 1.165) is 32.1 Å². The zero-order chi connectivity index (χ0) is 18.9. The smallest absolute Gasteiger partial charge is 0.0439 e. The summed E-state index contributed by atoms with van der Waals surface area (Å²) in [5.74, 6) is 0. The van der Waals surface area contributed by atoms with Crippen LogP contribution in [0.25, 0.3) is 16.7 Å². The van der Waals surface area contributed by atoms with Crippen LogP contribution in [0.15, 0.2) is 54.6 Å². The summed E-state index contributed by atoms with van der Waals surface area (Å²) in [5.41, 5.74) is 15.7. The highest BCUT2D eigenvalue weighted by Crippen LogP contribution is 2.44. The lowest BCUT2D eigenvalue weighted by Gasteiger charge is -2.29. The molecule has 2 aromatic carbocycles. The van der Waals surface area contributed by atoms with E-state index in [-0.39, 0.29) is 5.54 Å². The molecular weight excluding hydrogens is 328 g/mol. The molecule has 0 saturated heterocycles. The first-order valence-electron chi connectivity index (χ1n) is 10.2. The topological polar surface area (TPSA) is 38.0 Å². The largest absolute Gasteiger partial charge is 0.378 e. The maximum absolute atomic E-state index is 6.02. The van der Waals surface area contributed by atoms with E-state index in [1.165, 1.54) is 39.1 Å².